The summed E-state index contributed by atoms with van der Waals surface area (Å²) < 4.78 is 12.6. The van der Waals surface area contributed by atoms with Crippen LogP contribution in [0, 0.1) is 13.8 Å². The summed E-state index contributed by atoms with van der Waals surface area (Å²) in [6.45, 7) is 3.26. The number of aromatic nitrogens is 3. The third-order valence-corrected chi connectivity index (χ3v) is 4.69. The van der Waals surface area contributed by atoms with Crippen molar-refractivity contribution in [2.75, 3.05) is 11.9 Å². The number of nitrogens with zero attached hydrogens (tertiary/aromatic N) is 3. The fraction of sp³-hybridized carbons (Fsp3) is 0.130. The number of para-hydroxylation sites is 1. The molecule has 1 amide bonds. The molecule has 0 saturated carbocycles. The number of hydrogen-bond donors (Lipinski definition) is 1. The lowest BCUT2D eigenvalue weighted by Crippen LogP contribution is -2.21. The average Bonchev–Trinajstić information content (AvgIpc) is 3.37. The fourth-order valence-corrected chi connectivity index (χ4v) is 3.28. The normalized spacial score (nSPS) is 10.6. The quantitative estimate of drug-likeness (QED) is 0.478. The molecule has 0 saturated heterocycles. The van der Waals surface area contributed by atoms with Gasteiger partial charge in [0.1, 0.15) is 0 Å². The van der Waals surface area contributed by atoms with E-state index >= 15 is 0 Å². The van der Waals surface area contributed by atoms with Crippen molar-refractivity contribution in [2.24, 2.45) is 0 Å². The molecular formula is C23H20N4O4. The molecule has 0 radical (unpaired) electrons. The van der Waals surface area contributed by atoms with Crippen LogP contribution in [0.3, 0.4) is 0 Å². The van der Waals surface area contributed by atoms with Gasteiger partial charge in [-0.25, -0.2) is 4.79 Å². The number of rotatable bonds is 6. The van der Waals surface area contributed by atoms with Crippen LogP contribution in [0.2, 0.25) is 0 Å². The van der Waals surface area contributed by atoms with Gasteiger partial charge < -0.3 is 13.7 Å². The number of carbonyl (C=O) groups excluding carboxylic acids is 2. The van der Waals surface area contributed by atoms with Crippen LogP contribution in [0.5, 0.6) is 0 Å². The van der Waals surface area contributed by atoms with Gasteiger partial charge in [-0.05, 0) is 44.2 Å². The molecule has 8 nitrogen and oxygen atoms in total. The fourth-order valence-electron chi connectivity index (χ4n) is 3.28. The van der Waals surface area contributed by atoms with E-state index in [1.807, 2.05) is 79.1 Å². The van der Waals surface area contributed by atoms with Gasteiger partial charge in [0.2, 0.25) is 5.89 Å². The molecule has 4 aromatic rings. The summed E-state index contributed by atoms with van der Waals surface area (Å²) in [4.78, 5) is 24.7. The highest BCUT2D eigenvalue weighted by Crippen LogP contribution is 2.22. The van der Waals surface area contributed by atoms with Gasteiger partial charge in [-0.1, -0.05) is 41.5 Å². The molecule has 2 aromatic heterocycles. The molecule has 0 atom stereocenters. The lowest BCUT2D eigenvalue weighted by Gasteiger charge is -2.09. The second kappa shape index (κ2) is 8.66. The third kappa shape index (κ3) is 4.37. The zero-order chi connectivity index (χ0) is 21.8. The third-order valence-electron chi connectivity index (χ3n) is 4.69. The van der Waals surface area contributed by atoms with Crippen molar-refractivity contribution in [3.63, 3.8) is 0 Å². The zero-order valence-corrected chi connectivity index (χ0v) is 17.0. The summed E-state index contributed by atoms with van der Waals surface area (Å²) in [7, 11) is 0. The van der Waals surface area contributed by atoms with Gasteiger partial charge in [-0.2, -0.15) is 0 Å². The Morgan fingerprint density at radius 3 is 2.39 bits per heavy atom. The van der Waals surface area contributed by atoms with Gasteiger partial charge in [0, 0.05) is 22.6 Å². The summed E-state index contributed by atoms with van der Waals surface area (Å²) >= 11 is 0. The maximum Gasteiger partial charge on any atom is 0.340 e. The lowest BCUT2D eigenvalue weighted by atomic mass is 10.2. The maximum atomic E-state index is 12.5. The molecule has 8 heteroatoms. The van der Waals surface area contributed by atoms with Gasteiger partial charge in [0.25, 0.3) is 5.91 Å². The van der Waals surface area contributed by atoms with Crippen molar-refractivity contribution < 1.29 is 18.7 Å². The summed E-state index contributed by atoms with van der Waals surface area (Å²) in [5.41, 5.74) is 3.70. The Balaban J connectivity index is 1.38. The van der Waals surface area contributed by atoms with E-state index in [4.69, 9.17) is 9.15 Å². The highest BCUT2D eigenvalue weighted by atomic mass is 16.5. The molecule has 0 unspecified atom stereocenters. The van der Waals surface area contributed by atoms with Crippen LogP contribution in [0.4, 0.5) is 6.01 Å². The van der Waals surface area contributed by atoms with E-state index in [-0.39, 0.29) is 11.9 Å². The number of nitrogens with one attached hydrogen (secondary N) is 1. The van der Waals surface area contributed by atoms with Gasteiger partial charge in [0.05, 0.1) is 5.56 Å². The number of amides is 1. The lowest BCUT2D eigenvalue weighted by molar-refractivity contribution is -0.119. The van der Waals surface area contributed by atoms with Crippen molar-refractivity contribution in [3.8, 4) is 17.1 Å². The van der Waals surface area contributed by atoms with Crippen molar-refractivity contribution in [1.29, 1.82) is 0 Å². The second-order valence-corrected chi connectivity index (χ2v) is 6.86. The molecule has 0 aliphatic heterocycles. The van der Waals surface area contributed by atoms with Crippen LogP contribution >= 0.6 is 0 Å². The van der Waals surface area contributed by atoms with Crippen LogP contribution in [-0.4, -0.2) is 33.2 Å². The van der Waals surface area contributed by atoms with Gasteiger partial charge in [-0.3, -0.25) is 10.1 Å². The molecule has 1 N–H and O–H groups in total. The van der Waals surface area contributed by atoms with Crippen molar-refractivity contribution >= 4 is 17.9 Å². The Hall–Kier alpha value is -4.20. The Morgan fingerprint density at radius 1 is 1.00 bits per heavy atom. The number of benzene rings is 2. The largest absolute Gasteiger partial charge is 0.452 e. The first-order valence-corrected chi connectivity index (χ1v) is 9.63. The summed E-state index contributed by atoms with van der Waals surface area (Å²) in [5, 5.41) is 10.1. The average molecular weight is 416 g/mol. The van der Waals surface area contributed by atoms with E-state index in [2.05, 4.69) is 15.5 Å². The van der Waals surface area contributed by atoms with E-state index < -0.39 is 18.5 Å². The minimum Gasteiger partial charge on any atom is -0.452 e. The van der Waals surface area contributed by atoms with Crippen LogP contribution in [0.1, 0.15) is 21.7 Å². The van der Waals surface area contributed by atoms with Crippen LogP contribution in [0.25, 0.3) is 17.1 Å². The van der Waals surface area contributed by atoms with Crippen LogP contribution in [0.15, 0.2) is 71.1 Å². The van der Waals surface area contributed by atoms with Crippen LogP contribution < -0.4 is 5.32 Å². The first kappa shape index (κ1) is 20.1. The number of esters is 1. The van der Waals surface area contributed by atoms with E-state index in [1.165, 1.54) is 0 Å². The number of aryl methyl sites for hydroxylation is 1. The molecule has 0 fully saturated rings. The monoisotopic (exact) mass is 416 g/mol. The van der Waals surface area contributed by atoms with Crippen molar-refractivity contribution in [1.82, 2.24) is 14.8 Å². The Bertz CT molecular complexity index is 1210. The smallest absolute Gasteiger partial charge is 0.340 e. The summed E-state index contributed by atoms with van der Waals surface area (Å²) in [5.74, 6) is -0.879. The first-order chi connectivity index (χ1) is 15.0. The molecule has 0 aliphatic rings. The van der Waals surface area contributed by atoms with Crippen molar-refractivity contribution in [3.05, 3.63) is 83.7 Å². The first-order valence-electron chi connectivity index (χ1n) is 9.63. The van der Waals surface area contributed by atoms with E-state index in [9.17, 15) is 9.59 Å². The zero-order valence-electron chi connectivity index (χ0n) is 17.0. The predicted octanol–water partition coefficient (Wildman–Crippen LogP) is 3.94. The number of ether oxygens (including phenoxy) is 1. The molecule has 0 spiro atoms. The SMILES string of the molecule is Cc1cc(C(=O)OCC(=O)Nc2nnc(-c3ccccc3)o2)c(C)n1-c1ccccc1. The topological polar surface area (TPSA) is 99.2 Å². The molecule has 2 heterocycles. The molecular weight excluding hydrogens is 396 g/mol. The van der Waals surface area contributed by atoms with Gasteiger partial charge >= 0.3 is 12.0 Å². The second-order valence-electron chi connectivity index (χ2n) is 6.86. The minimum atomic E-state index is -0.582. The Morgan fingerprint density at radius 2 is 1.68 bits per heavy atom. The Kier molecular flexibility index (Phi) is 5.61. The molecule has 0 bridgehead atoms. The molecule has 0 aliphatic carbocycles. The number of hydrogen-bond acceptors (Lipinski definition) is 6. The standard InChI is InChI=1S/C23H20N4O4/c1-15-13-19(16(2)27(15)18-11-7-4-8-12-18)22(29)30-14-20(28)24-23-26-25-21(31-23)17-9-5-3-6-10-17/h3-13H,14H2,1-2H3,(H,24,26,28). The molecule has 2 aromatic carbocycles. The maximum absolute atomic E-state index is 12.5. The molecule has 156 valence electrons. The summed E-state index contributed by atoms with van der Waals surface area (Å²) in [6.07, 6.45) is 0. The van der Waals surface area contributed by atoms with Gasteiger partial charge in [0.15, 0.2) is 6.61 Å². The van der Waals surface area contributed by atoms with E-state index in [0.717, 1.165) is 22.6 Å². The summed E-state index contributed by atoms with van der Waals surface area (Å²) in [6, 6.07) is 20.5. The van der Waals surface area contributed by atoms with E-state index in [0.29, 0.717) is 5.56 Å². The highest BCUT2D eigenvalue weighted by molar-refractivity contribution is 5.95. The highest BCUT2D eigenvalue weighted by Gasteiger charge is 2.19. The van der Waals surface area contributed by atoms with Crippen LogP contribution in [-0.2, 0) is 9.53 Å². The van der Waals surface area contributed by atoms with Gasteiger partial charge in [-0.15, -0.1) is 5.10 Å². The minimum absolute atomic E-state index is 0.0674. The Labute approximate surface area is 178 Å². The predicted molar refractivity (Wildman–Crippen MR) is 114 cm³/mol. The van der Waals surface area contributed by atoms with Crippen molar-refractivity contribution in [2.45, 2.75) is 13.8 Å². The number of carbonyl (C=O) groups is 2. The number of anilines is 1. The molecule has 4 rings (SSSR count). The van der Waals surface area contributed by atoms with E-state index in [1.54, 1.807) is 6.07 Å². The molecule has 31 heavy (non-hydrogen) atoms.